The molecule has 0 saturated heterocycles. The SMILES string of the molecule is NC1=CC(N)C(Nc2ccccc2)=CC1=Nc1ccc(N(CCO)CCO)cc1. The van der Waals surface area contributed by atoms with E-state index >= 15 is 0 Å². The highest BCUT2D eigenvalue weighted by Crippen LogP contribution is 2.22. The van der Waals surface area contributed by atoms with Crippen molar-refractivity contribution in [2.24, 2.45) is 16.5 Å². The van der Waals surface area contributed by atoms with Crippen LogP contribution in [0.4, 0.5) is 17.1 Å². The lowest BCUT2D eigenvalue weighted by Gasteiger charge is -2.23. The number of aliphatic imine (C=N–C) groups is 1. The number of nitrogens with two attached hydrogens (primary N) is 2. The molecule has 2 aromatic rings. The fraction of sp³-hybridized carbons (Fsp3) is 0.227. The van der Waals surface area contributed by atoms with Gasteiger partial charge >= 0.3 is 0 Å². The Labute approximate surface area is 170 Å². The number of nitrogens with one attached hydrogen (secondary N) is 1. The average Bonchev–Trinajstić information content (AvgIpc) is 2.73. The molecular weight excluding hydrogens is 366 g/mol. The number of aliphatic hydroxyl groups excluding tert-OH is 2. The van der Waals surface area contributed by atoms with Crippen molar-refractivity contribution in [3.05, 3.63) is 78.1 Å². The molecule has 1 atom stereocenters. The van der Waals surface area contributed by atoms with Crippen LogP contribution in [0.2, 0.25) is 0 Å². The fourth-order valence-electron chi connectivity index (χ4n) is 3.09. The number of benzene rings is 2. The van der Waals surface area contributed by atoms with Crippen LogP contribution in [0.5, 0.6) is 0 Å². The smallest absolute Gasteiger partial charge is 0.0881 e. The quantitative estimate of drug-likeness (QED) is 0.466. The molecule has 7 N–H and O–H groups in total. The minimum absolute atomic E-state index is 0.0215. The van der Waals surface area contributed by atoms with Crippen molar-refractivity contribution in [1.82, 2.24) is 0 Å². The molecule has 1 aliphatic carbocycles. The van der Waals surface area contributed by atoms with Gasteiger partial charge in [-0.25, -0.2) is 4.99 Å². The van der Waals surface area contributed by atoms with E-state index < -0.39 is 0 Å². The lowest BCUT2D eigenvalue weighted by molar-refractivity contribution is 0.281. The van der Waals surface area contributed by atoms with E-state index in [0.29, 0.717) is 24.5 Å². The van der Waals surface area contributed by atoms with Crippen LogP contribution in [0.25, 0.3) is 0 Å². The molecule has 0 spiro atoms. The topological polar surface area (TPSA) is 120 Å². The lowest BCUT2D eigenvalue weighted by Crippen LogP contribution is -2.31. The standard InChI is InChI=1S/C22H27N5O2/c23-19-14-20(24)22(15-21(19)25-16-4-2-1-3-5-16)26-17-6-8-18(9-7-17)27(10-12-28)11-13-29/h1-9,14-15,19,25,28-29H,10-13,23-24H2. The maximum atomic E-state index is 9.19. The van der Waals surface area contributed by atoms with Crippen LogP contribution >= 0.6 is 0 Å². The van der Waals surface area contributed by atoms with Crippen molar-refractivity contribution in [2.45, 2.75) is 6.04 Å². The molecule has 0 bridgehead atoms. The minimum Gasteiger partial charge on any atom is -0.397 e. The Morgan fingerprint density at radius 3 is 2.24 bits per heavy atom. The summed E-state index contributed by atoms with van der Waals surface area (Å²) in [5, 5.41) is 21.7. The zero-order chi connectivity index (χ0) is 20.6. The number of anilines is 2. The molecule has 0 radical (unpaired) electrons. The molecule has 7 heteroatoms. The second-order valence-corrected chi connectivity index (χ2v) is 6.69. The molecular formula is C22H27N5O2. The van der Waals surface area contributed by atoms with Crippen LogP contribution in [0, 0.1) is 0 Å². The van der Waals surface area contributed by atoms with Crippen molar-refractivity contribution in [3.63, 3.8) is 0 Å². The minimum atomic E-state index is -0.331. The van der Waals surface area contributed by atoms with Gasteiger partial charge in [-0.05, 0) is 48.6 Å². The normalized spacial score (nSPS) is 17.6. The predicted octanol–water partition coefficient (Wildman–Crippen LogP) is 1.73. The third kappa shape index (κ3) is 5.45. The van der Waals surface area contributed by atoms with E-state index in [9.17, 15) is 10.2 Å². The number of nitrogens with zero attached hydrogens (tertiary/aromatic N) is 2. The summed E-state index contributed by atoms with van der Waals surface area (Å²) in [6.07, 6.45) is 3.65. The van der Waals surface area contributed by atoms with Crippen molar-refractivity contribution >= 4 is 22.8 Å². The van der Waals surface area contributed by atoms with Crippen LogP contribution in [-0.2, 0) is 0 Å². The van der Waals surface area contributed by atoms with Gasteiger partial charge < -0.3 is 31.9 Å². The molecule has 0 aliphatic heterocycles. The fourth-order valence-corrected chi connectivity index (χ4v) is 3.09. The van der Waals surface area contributed by atoms with Crippen LogP contribution in [0.15, 0.2) is 83.1 Å². The van der Waals surface area contributed by atoms with Crippen LogP contribution in [0.1, 0.15) is 0 Å². The number of rotatable bonds is 8. The van der Waals surface area contributed by atoms with E-state index in [-0.39, 0.29) is 19.3 Å². The van der Waals surface area contributed by atoms with Crippen molar-refractivity contribution in [1.29, 1.82) is 0 Å². The maximum absolute atomic E-state index is 9.19. The van der Waals surface area contributed by atoms with E-state index in [1.54, 1.807) is 6.08 Å². The van der Waals surface area contributed by atoms with Crippen LogP contribution < -0.4 is 21.7 Å². The van der Waals surface area contributed by atoms with Crippen molar-refractivity contribution in [2.75, 3.05) is 36.5 Å². The van der Waals surface area contributed by atoms with Gasteiger partial charge in [-0.15, -0.1) is 0 Å². The second kappa shape index (κ2) is 9.88. The summed E-state index contributed by atoms with van der Waals surface area (Å²) in [5.74, 6) is 0. The second-order valence-electron chi connectivity index (χ2n) is 6.69. The monoisotopic (exact) mass is 393 g/mol. The maximum Gasteiger partial charge on any atom is 0.0881 e. The van der Waals surface area contributed by atoms with E-state index in [1.165, 1.54) is 0 Å². The first-order valence-corrected chi connectivity index (χ1v) is 9.53. The first-order chi connectivity index (χ1) is 14.1. The molecule has 29 heavy (non-hydrogen) atoms. The molecule has 3 rings (SSSR count). The van der Waals surface area contributed by atoms with E-state index in [1.807, 2.05) is 65.6 Å². The summed E-state index contributed by atoms with van der Waals surface area (Å²) >= 11 is 0. The zero-order valence-electron chi connectivity index (χ0n) is 16.2. The average molecular weight is 393 g/mol. The summed E-state index contributed by atoms with van der Waals surface area (Å²) in [6.45, 7) is 0.958. The molecule has 0 saturated carbocycles. The van der Waals surface area contributed by atoms with Gasteiger partial charge in [0.25, 0.3) is 0 Å². The Morgan fingerprint density at radius 1 is 0.966 bits per heavy atom. The lowest BCUT2D eigenvalue weighted by atomic mass is 10.0. The number of allylic oxidation sites excluding steroid dienone is 1. The molecule has 152 valence electrons. The Hall–Kier alpha value is -3.13. The summed E-state index contributed by atoms with van der Waals surface area (Å²) in [5.41, 5.74) is 16.9. The number of aliphatic hydroxyl groups is 2. The van der Waals surface area contributed by atoms with E-state index in [0.717, 1.165) is 22.8 Å². The van der Waals surface area contributed by atoms with Crippen LogP contribution in [-0.4, -0.2) is 48.3 Å². The predicted molar refractivity (Wildman–Crippen MR) is 118 cm³/mol. The number of hydrogen-bond donors (Lipinski definition) is 5. The Bertz CT molecular complexity index is 885. The van der Waals surface area contributed by atoms with Crippen molar-refractivity contribution < 1.29 is 10.2 Å². The molecule has 2 aromatic carbocycles. The summed E-state index contributed by atoms with van der Waals surface area (Å²) in [7, 11) is 0. The van der Waals surface area contributed by atoms with Crippen molar-refractivity contribution in [3.8, 4) is 0 Å². The van der Waals surface area contributed by atoms with Gasteiger partial charge in [0.05, 0.1) is 36.4 Å². The Kier molecular flexibility index (Phi) is 7.02. The van der Waals surface area contributed by atoms with Crippen LogP contribution in [0.3, 0.4) is 0 Å². The molecule has 1 aliphatic rings. The van der Waals surface area contributed by atoms with E-state index in [4.69, 9.17) is 11.5 Å². The summed E-state index contributed by atoms with van der Waals surface area (Å²) < 4.78 is 0. The Morgan fingerprint density at radius 2 is 1.62 bits per heavy atom. The third-order valence-electron chi connectivity index (χ3n) is 4.57. The van der Waals surface area contributed by atoms with Gasteiger partial charge in [-0.2, -0.15) is 0 Å². The zero-order valence-corrected chi connectivity index (χ0v) is 16.2. The summed E-state index contributed by atoms with van der Waals surface area (Å²) in [6, 6.07) is 17.0. The van der Waals surface area contributed by atoms with Gasteiger partial charge in [-0.3, -0.25) is 0 Å². The number of para-hydroxylation sites is 1. The molecule has 0 aromatic heterocycles. The highest BCUT2D eigenvalue weighted by atomic mass is 16.3. The van der Waals surface area contributed by atoms with Gasteiger partial charge in [0.1, 0.15) is 0 Å². The third-order valence-corrected chi connectivity index (χ3v) is 4.57. The molecule has 0 amide bonds. The highest BCUT2D eigenvalue weighted by Gasteiger charge is 2.17. The summed E-state index contributed by atoms with van der Waals surface area (Å²) in [4.78, 5) is 6.56. The molecule has 7 nitrogen and oxygen atoms in total. The van der Waals surface area contributed by atoms with Gasteiger partial charge in [-0.1, -0.05) is 18.2 Å². The van der Waals surface area contributed by atoms with Gasteiger partial charge in [0.15, 0.2) is 0 Å². The highest BCUT2D eigenvalue weighted by molar-refractivity contribution is 6.10. The Balaban J connectivity index is 1.81. The molecule has 0 heterocycles. The van der Waals surface area contributed by atoms with Gasteiger partial charge in [0.2, 0.25) is 0 Å². The number of hydrogen-bond acceptors (Lipinski definition) is 7. The molecule has 0 fully saturated rings. The first kappa shape index (κ1) is 20.6. The largest absolute Gasteiger partial charge is 0.397 e. The molecule has 1 unspecified atom stereocenters. The van der Waals surface area contributed by atoms with E-state index in [2.05, 4.69) is 10.3 Å². The first-order valence-electron chi connectivity index (χ1n) is 9.53. The van der Waals surface area contributed by atoms with Gasteiger partial charge in [0, 0.05) is 30.2 Å².